The van der Waals surface area contributed by atoms with E-state index < -0.39 is 23.8 Å². The first-order chi connectivity index (χ1) is 30.7. The third-order valence-corrected chi connectivity index (χ3v) is 13.4. The summed E-state index contributed by atoms with van der Waals surface area (Å²) in [6.07, 6.45) is 16.3. The Labute approximate surface area is 372 Å². The first kappa shape index (κ1) is 45.5. The molecule has 4 aliphatic rings. The Bertz CT molecular complexity index is 1950. The molecule has 7 rings (SSSR count). The number of amides is 6. The summed E-state index contributed by atoms with van der Waals surface area (Å²) in [4.78, 5) is 83.7. The second kappa shape index (κ2) is 22.2. The normalized spacial score (nSPS) is 23.8. The van der Waals surface area contributed by atoms with Gasteiger partial charge in [-0.3, -0.25) is 28.8 Å². The number of carbonyl (C=O) groups excluding carboxylic acids is 6. The summed E-state index contributed by atoms with van der Waals surface area (Å²) in [7, 11) is 0. The van der Waals surface area contributed by atoms with E-state index in [1.165, 1.54) is 68.9 Å². The van der Waals surface area contributed by atoms with E-state index in [0.29, 0.717) is 17.7 Å². The van der Waals surface area contributed by atoms with Gasteiger partial charge in [0.15, 0.2) is 0 Å². The molecule has 0 radical (unpaired) electrons. The summed E-state index contributed by atoms with van der Waals surface area (Å²) in [5.41, 5.74) is 2.95. The standard InChI is InChI=1S/C51H66N6O6/c1-2-3-4-5-6-7-8-9-10-11-12-19-28-56-34-46(58)53-45(51(56)63)31-52-47(59)37-24-26-38(27-25-37)50(62)57-32-41(48(60)54-43-29-39(43)35-20-15-13-16-21-35)42(33-57)49(61)55-44-30-40(44)36-22-17-14-18-23-36/h13-18,20-27,39-45H,2-12,19,28-34H2,1H3,(H,52,59)(H,53,58)(H,54,60)(H,55,61)/t39-,40-,41-,42-,43+,44+,45+/m1/s1. The van der Waals surface area contributed by atoms with Crippen LogP contribution in [0.4, 0.5) is 0 Å². The fourth-order valence-corrected chi connectivity index (χ4v) is 9.41. The molecule has 3 aromatic carbocycles. The molecule has 0 unspecified atom stereocenters. The molecule has 63 heavy (non-hydrogen) atoms. The van der Waals surface area contributed by atoms with Crippen molar-refractivity contribution >= 4 is 35.4 Å². The maximum absolute atomic E-state index is 13.9. The van der Waals surface area contributed by atoms with Crippen molar-refractivity contribution in [2.75, 3.05) is 32.7 Å². The maximum atomic E-state index is 13.9. The van der Waals surface area contributed by atoms with Gasteiger partial charge < -0.3 is 31.1 Å². The molecule has 3 aromatic rings. The van der Waals surface area contributed by atoms with E-state index in [9.17, 15) is 28.8 Å². The number of nitrogens with zero attached hydrogens (tertiary/aromatic N) is 2. The van der Waals surface area contributed by atoms with E-state index in [-0.39, 0.29) is 79.6 Å². The fourth-order valence-electron chi connectivity index (χ4n) is 9.41. The van der Waals surface area contributed by atoms with Crippen molar-refractivity contribution in [3.63, 3.8) is 0 Å². The van der Waals surface area contributed by atoms with Crippen molar-refractivity contribution < 1.29 is 28.8 Å². The molecule has 2 saturated heterocycles. The van der Waals surface area contributed by atoms with Crippen molar-refractivity contribution in [3.05, 3.63) is 107 Å². The highest BCUT2D eigenvalue weighted by Crippen LogP contribution is 2.42. The van der Waals surface area contributed by atoms with E-state index in [2.05, 4.69) is 52.5 Å². The molecule has 2 saturated carbocycles. The van der Waals surface area contributed by atoms with Gasteiger partial charge in [0, 0.05) is 61.2 Å². The molecule has 0 aromatic heterocycles. The minimum Gasteiger partial charge on any atom is -0.352 e. The number of likely N-dealkylation sites (tertiary alicyclic amines) is 1. The molecule has 0 bridgehead atoms. The Morgan fingerprint density at radius 1 is 0.619 bits per heavy atom. The highest BCUT2D eigenvalue weighted by molar-refractivity contribution is 6.00. The van der Waals surface area contributed by atoms with Gasteiger partial charge in [-0.15, -0.1) is 0 Å². The third-order valence-electron chi connectivity index (χ3n) is 13.4. The van der Waals surface area contributed by atoms with Gasteiger partial charge in [-0.1, -0.05) is 138 Å². The van der Waals surface area contributed by atoms with Crippen LogP contribution in [0.5, 0.6) is 0 Å². The summed E-state index contributed by atoms with van der Waals surface area (Å²) in [5, 5.41) is 11.8. The lowest BCUT2D eigenvalue weighted by atomic mass is 9.94. The SMILES string of the molecule is CCCCCCCCCCCCCCN1CC(=O)N[C@@H](CNC(=O)c2ccc(C(=O)N3C[C@@H](C(=O)N[C@H]4C[C@@H]4c4ccccc4)[C@H](C(=O)N[C@H]4C[C@@H]4c4ccccc4)C3)cc2)C1=O. The number of rotatable bonds is 23. The van der Waals surface area contributed by atoms with Crippen LogP contribution in [0.2, 0.25) is 0 Å². The Morgan fingerprint density at radius 3 is 1.60 bits per heavy atom. The summed E-state index contributed by atoms with van der Waals surface area (Å²) >= 11 is 0. The zero-order valence-electron chi connectivity index (χ0n) is 36.9. The summed E-state index contributed by atoms with van der Waals surface area (Å²) in [5.74, 6) is -2.65. The second-order valence-electron chi connectivity index (χ2n) is 18.2. The average Bonchev–Trinajstić information content (AvgIpc) is 4.21. The number of carbonyl (C=O) groups is 6. The van der Waals surface area contributed by atoms with Crippen LogP contribution in [0, 0.1) is 11.8 Å². The lowest BCUT2D eigenvalue weighted by Gasteiger charge is -2.32. The van der Waals surface area contributed by atoms with Gasteiger partial charge in [0.1, 0.15) is 6.04 Å². The Hall–Kier alpha value is -5.52. The van der Waals surface area contributed by atoms with Gasteiger partial charge in [-0.2, -0.15) is 0 Å². The van der Waals surface area contributed by atoms with Crippen LogP contribution in [-0.4, -0.2) is 96.1 Å². The molecular formula is C51H66N6O6. The number of benzene rings is 3. The second-order valence-corrected chi connectivity index (χ2v) is 18.2. The lowest BCUT2D eigenvalue weighted by molar-refractivity contribution is -0.144. The van der Waals surface area contributed by atoms with Crippen LogP contribution < -0.4 is 21.3 Å². The van der Waals surface area contributed by atoms with Crippen LogP contribution in [0.1, 0.15) is 140 Å². The van der Waals surface area contributed by atoms with Crippen LogP contribution in [-0.2, 0) is 19.2 Å². The Balaban J connectivity index is 0.877. The summed E-state index contributed by atoms with van der Waals surface area (Å²) < 4.78 is 0. The van der Waals surface area contributed by atoms with Crippen LogP contribution in [0.25, 0.3) is 0 Å². The molecule has 4 fully saturated rings. The van der Waals surface area contributed by atoms with Gasteiger partial charge in [0.05, 0.1) is 18.4 Å². The number of hydrogen-bond acceptors (Lipinski definition) is 6. The average molecular weight is 859 g/mol. The summed E-state index contributed by atoms with van der Waals surface area (Å²) in [6.45, 7) is 2.91. The smallest absolute Gasteiger partial charge is 0.253 e. The topological polar surface area (TPSA) is 157 Å². The van der Waals surface area contributed by atoms with Crippen molar-refractivity contribution in [1.82, 2.24) is 31.1 Å². The first-order valence-electron chi connectivity index (χ1n) is 23.7. The molecule has 12 heteroatoms. The van der Waals surface area contributed by atoms with Crippen LogP contribution in [0.15, 0.2) is 84.9 Å². The first-order valence-corrected chi connectivity index (χ1v) is 23.7. The Kier molecular flexibility index (Phi) is 16.0. The molecule has 12 nitrogen and oxygen atoms in total. The van der Waals surface area contributed by atoms with Gasteiger partial charge in [-0.25, -0.2) is 0 Å². The van der Waals surface area contributed by atoms with E-state index >= 15 is 0 Å². The molecule has 336 valence electrons. The summed E-state index contributed by atoms with van der Waals surface area (Å²) in [6, 6.07) is 25.4. The van der Waals surface area contributed by atoms with Crippen molar-refractivity contribution in [1.29, 1.82) is 0 Å². The highest BCUT2D eigenvalue weighted by atomic mass is 16.2. The molecule has 6 amide bonds. The van der Waals surface area contributed by atoms with E-state index in [0.717, 1.165) is 32.1 Å². The fraction of sp³-hybridized carbons (Fsp3) is 0.529. The van der Waals surface area contributed by atoms with Crippen LogP contribution in [0.3, 0.4) is 0 Å². The van der Waals surface area contributed by atoms with Crippen molar-refractivity contribution in [2.45, 2.75) is 127 Å². The number of hydrogen-bond donors (Lipinski definition) is 4. The van der Waals surface area contributed by atoms with Gasteiger partial charge in [-0.05, 0) is 54.7 Å². The molecular weight excluding hydrogens is 793 g/mol. The molecule has 2 aliphatic heterocycles. The van der Waals surface area contributed by atoms with Crippen molar-refractivity contribution in [3.8, 4) is 0 Å². The van der Waals surface area contributed by atoms with Crippen molar-refractivity contribution in [2.24, 2.45) is 11.8 Å². The molecule has 2 aliphatic carbocycles. The molecule has 7 atom stereocenters. The Morgan fingerprint density at radius 2 is 1.10 bits per heavy atom. The number of piperazine rings is 1. The highest BCUT2D eigenvalue weighted by Gasteiger charge is 2.49. The molecule has 2 heterocycles. The third kappa shape index (κ3) is 12.6. The predicted octanol–water partition coefficient (Wildman–Crippen LogP) is 6.48. The quantitative estimate of drug-likeness (QED) is 0.0801. The maximum Gasteiger partial charge on any atom is 0.253 e. The zero-order chi connectivity index (χ0) is 44.1. The minimum atomic E-state index is -0.855. The minimum absolute atomic E-state index is 0.0200. The largest absolute Gasteiger partial charge is 0.352 e. The molecule has 0 spiro atoms. The van der Waals surface area contributed by atoms with Gasteiger partial charge >= 0.3 is 0 Å². The van der Waals surface area contributed by atoms with E-state index in [1.807, 2.05) is 36.4 Å². The number of unbranched alkanes of at least 4 members (excludes halogenated alkanes) is 11. The number of nitrogens with one attached hydrogen (secondary N) is 4. The molecule has 4 N–H and O–H groups in total. The van der Waals surface area contributed by atoms with Gasteiger partial charge in [0.25, 0.3) is 11.8 Å². The van der Waals surface area contributed by atoms with E-state index in [1.54, 1.807) is 34.1 Å². The van der Waals surface area contributed by atoms with Crippen LogP contribution >= 0.6 is 0 Å². The zero-order valence-corrected chi connectivity index (χ0v) is 36.9. The van der Waals surface area contributed by atoms with Gasteiger partial charge in [0.2, 0.25) is 23.6 Å². The monoisotopic (exact) mass is 859 g/mol. The lowest BCUT2D eigenvalue weighted by Crippen LogP contribution is -2.61. The van der Waals surface area contributed by atoms with E-state index in [4.69, 9.17) is 0 Å². The predicted molar refractivity (Wildman–Crippen MR) is 243 cm³/mol.